The molecule has 1 aromatic heterocycles. The predicted octanol–water partition coefficient (Wildman–Crippen LogP) is 5.11. The number of ketones is 1. The summed E-state index contributed by atoms with van der Waals surface area (Å²) in [4.78, 5) is 24.0. The minimum absolute atomic E-state index is 0.0148. The monoisotopic (exact) mass is 388 g/mol. The van der Waals surface area contributed by atoms with Crippen molar-refractivity contribution in [2.75, 3.05) is 10.6 Å². The molecule has 0 unspecified atom stereocenters. The van der Waals surface area contributed by atoms with Crippen LogP contribution in [0.5, 0.6) is 0 Å². The molecule has 2 N–H and O–H groups in total. The van der Waals surface area contributed by atoms with Gasteiger partial charge in [-0.25, -0.2) is 0 Å². The number of aryl methyl sites for hydroxylation is 1. The maximum absolute atomic E-state index is 12.6. The molecule has 0 saturated heterocycles. The fourth-order valence-electron chi connectivity index (χ4n) is 2.98. The Morgan fingerprint density at radius 3 is 2.24 bits per heavy atom. The Hall–Kier alpha value is -3.54. The van der Waals surface area contributed by atoms with Crippen molar-refractivity contribution in [1.82, 2.24) is 10.2 Å². The lowest BCUT2D eigenvalue weighted by atomic mass is 9.98. The maximum Gasteiger partial charge on any atom is 0.276 e. The Morgan fingerprint density at radius 2 is 1.66 bits per heavy atom. The first-order chi connectivity index (χ1) is 13.8. The molecule has 0 spiro atoms. The van der Waals surface area contributed by atoms with E-state index in [4.69, 9.17) is 0 Å². The minimum Gasteiger partial charge on any atom is -0.339 e. The smallest absolute Gasteiger partial charge is 0.276 e. The van der Waals surface area contributed by atoms with E-state index in [1.54, 1.807) is 36.4 Å². The third-order valence-electron chi connectivity index (χ3n) is 4.63. The van der Waals surface area contributed by atoms with Gasteiger partial charge in [-0.3, -0.25) is 9.59 Å². The topological polar surface area (TPSA) is 84.0 Å². The van der Waals surface area contributed by atoms with Crippen LogP contribution < -0.4 is 10.6 Å². The summed E-state index contributed by atoms with van der Waals surface area (Å²) in [6, 6.07) is 16.4. The number of benzene rings is 2. The number of aromatic nitrogens is 2. The number of anilines is 3. The zero-order chi connectivity index (χ0) is 21.0. The zero-order valence-corrected chi connectivity index (χ0v) is 17.0. The van der Waals surface area contributed by atoms with Gasteiger partial charge in [0.15, 0.2) is 17.3 Å². The highest BCUT2D eigenvalue weighted by Gasteiger charge is 2.14. The number of nitrogens with zero attached hydrogens (tertiary/aromatic N) is 2. The number of Topliss-reactive ketones (excluding diaryl/α,β-unsaturated/α-hetero) is 1. The summed E-state index contributed by atoms with van der Waals surface area (Å²) in [5.41, 5.74) is 4.57. The lowest BCUT2D eigenvalue weighted by Crippen LogP contribution is -2.17. The third-order valence-corrected chi connectivity index (χ3v) is 4.63. The molecular formula is C23H24N4O2. The number of hydrogen-bond acceptors (Lipinski definition) is 5. The molecule has 6 nitrogen and oxygen atoms in total. The Balaban J connectivity index is 1.72. The first-order valence-corrected chi connectivity index (χ1v) is 9.47. The van der Waals surface area contributed by atoms with Gasteiger partial charge in [0.25, 0.3) is 5.91 Å². The molecule has 2 aromatic carbocycles. The Morgan fingerprint density at radius 1 is 0.931 bits per heavy atom. The first-order valence-electron chi connectivity index (χ1n) is 9.47. The van der Waals surface area contributed by atoms with E-state index in [9.17, 15) is 9.59 Å². The second-order valence-electron chi connectivity index (χ2n) is 7.21. The van der Waals surface area contributed by atoms with Crippen LogP contribution in [0.4, 0.5) is 17.2 Å². The van der Waals surface area contributed by atoms with Crippen LogP contribution in [-0.2, 0) is 0 Å². The van der Waals surface area contributed by atoms with E-state index < -0.39 is 0 Å². The number of carbonyl (C=O) groups is 2. The molecule has 3 aromatic rings. The molecule has 0 radical (unpaired) electrons. The first kappa shape index (κ1) is 20.2. The van der Waals surface area contributed by atoms with Crippen LogP contribution in [0.2, 0.25) is 0 Å². The molecule has 1 heterocycles. The molecule has 0 saturated carbocycles. The van der Waals surface area contributed by atoms with Gasteiger partial charge in [0.05, 0.1) is 0 Å². The molecule has 0 atom stereocenters. The fraction of sp³-hybridized carbons (Fsp3) is 0.217. The van der Waals surface area contributed by atoms with E-state index in [-0.39, 0.29) is 23.3 Å². The van der Waals surface area contributed by atoms with Crippen molar-refractivity contribution in [3.63, 3.8) is 0 Å². The highest BCUT2D eigenvalue weighted by molar-refractivity contribution is 6.03. The van der Waals surface area contributed by atoms with E-state index in [2.05, 4.69) is 34.7 Å². The lowest BCUT2D eigenvalue weighted by molar-refractivity contribution is 0.101. The van der Waals surface area contributed by atoms with Crippen LogP contribution in [-0.4, -0.2) is 21.9 Å². The van der Waals surface area contributed by atoms with Gasteiger partial charge in [0.1, 0.15) is 0 Å². The number of hydrogen-bond donors (Lipinski definition) is 2. The van der Waals surface area contributed by atoms with Crippen molar-refractivity contribution >= 4 is 28.9 Å². The van der Waals surface area contributed by atoms with Gasteiger partial charge in [-0.2, -0.15) is 0 Å². The van der Waals surface area contributed by atoms with Crippen LogP contribution in [0.25, 0.3) is 0 Å². The lowest BCUT2D eigenvalue weighted by Gasteiger charge is -2.16. The maximum atomic E-state index is 12.6. The van der Waals surface area contributed by atoms with Crippen molar-refractivity contribution in [3.8, 4) is 0 Å². The number of carbonyl (C=O) groups excluding carboxylic acids is 2. The molecule has 29 heavy (non-hydrogen) atoms. The zero-order valence-electron chi connectivity index (χ0n) is 17.0. The van der Waals surface area contributed by atoms with Crippen LogP contribution in [0.3, 0.4) is 0 Å². The van der Waals surface area contributed by atoms with Crippen LogP contribution in [0, 0.1) is 6.92 Å². The summed E-state index contributed by atoms with van der Waals surface area (Å²) < 4.78 is 0. The molecule has 0 aliphatic heterocycles. The number of amides is 1. The van der Waals surface area contributed by atoms with Crippen LogP contribution in [0.1, 0.15) is 58.7 Å². The summed E-state index contributed by atoms with van der Waals surface area (Å²) in [6.07, 6.45) is 0. The molecule has 148 valence electrons. The van der Waals surface area contributed by atoms with Gasteiger partial charge >= 0.3 is 0 Å². The summed E-state index contributed by atoms with van der Waals surface area (Å²) in [5, 5.41) is 14.2. The van der Waals surface area contributed by atoms with Crippen molar-refractivity contribution in [2.24, 2.45) is 0 Å². The summed E-state index contributed by atoms with van der Waals surface area (Å²) in [5.74, 6) is 0.514. The minimum atomic E-state index is -0.300. The molecule has 0 bridgehead atoms. The molecule has 3 rings (SSSR count). The van der Waals surface area contributed by atoms with Gasteiger partial charge in [-0.1, -0.05) is 32.0 Å². The summed E-state index contributed by atoms with van der Waals surface area (Å²) in [6.45, 7) is 7.68. The normalized spacial score (nSPS) is 10.7. The quantitative estimate of drug-likeness (QED) is 0.574. The number of nitrogens with one attached hydrogen (secondary N) is 2. The Bertz CT molecular complexity index is 1030. The van der Waals surface area contributed by atoms with Gasteiger partial charge in [0, 0.05) is 16.9 Å². The van der Waals surface area contributed by atoms with E-state index >= 15 is 0 Å². The highest BCUT2D eigenvalue weighted by atomic mass is 16.2. The highest BCUT2D eigenvalue weighted by Crippen LogP contribution is 2.27. The Kier molecular flexibility index (Phi) is 6.02. The van der Waals surface area contributed by atoms with Gasteiger partial charge < -0.3 is 10.6 Å². The van der Waals surface area contributed by atoms with E-state index in [0.29, 0.717) is 11.4 Å². The van der Waals surface area contributed by atoms with Gasteiger partial charge in [-0.05, 0) is 67.3 Å². The standard InChI is InChI=1S/C23H24N4O2/c1-14(2)19-7-5-6-15(3)22(19)25-23(29)20-12-13-21(27-26-20)24-18-10-8-17(9-11-18)16(4)28/h5-14H,1-4H3,(H,24,27)(H,25,29). The van der Waals surface area contributed by atoms with E-state index in [1.165, 1.54) is 6.92 Å². The predicted molar refractivity (Wildman–Crippen MR) is 115 cm³/mol. The van der Waals surface area contributed by atoms with Crippen molar-refractivity contribution < 1.29 is 9.59 Å². The molecule has 6 heteroatoms. The molecular weight excluding hydrogens is 364 g/mol. The fourth-order valence-corrected chi connectivity index (χ4v) is 2.98. The number of para-hydroxylation sites is 1. The average Bonchev–Trinajstić information content (AvgIpc) is 2.70. The molecule has 1 amide bonds. The van der Waals surface area contributed by atoms with Crippen molar-refractivity contribution in [1.29, 1.82) is 0 Å². The van der Waals surface area contributed by atoms with Crippen molar-refractivity contribution in [2.45, 2.75) is 33.6 Å². The van der Waals surface area contributed by atoms with Crippen molar-refractivity contribution in [3.05, 3.63) is 77.0 Å². The molecule has 0 aliphatic carbocycles. The summed E-state index contributed by atoms with van der Waals surface area (Å²) >= 11 is 0. The second-order valence-corrected chi connectivity index (χ2v) is 7.21. The number of rotatable bonds is 6. The van der Waals surface area contributed by atoms with E-state index in [1.807, 2.05) is 25.1 Å². The SMILES string of the molecule is CC(=O)c1ccc(Nc2ccc(C(=O)Nc3c(C)cccc3C(C)C)nn2)cc1. The summed E-state index contributed by atoms with van der Waals surface area (Å²) in [7, 11) is 0. The molecule has 0 aliphatic rings. The molecule has 0 fully saturated rings. The van der Waals surface area contributed by atoms with Crippen LogP contribution in [0.15, 0.2) is 54.6 Å². The third kappa shape index (κ3) is 4.85. The second kappa shape index (κ2) is 8.65. The average molecular weight is 388 g/mol. The largest absolute Gasteiger partial charge is 0.339 e. The van der Waals surface area contributed by atoms with Crippen LogP contribution >= 0.6 is 0 Å². The van der Waals surface area contributed by atoms with Gasteiger partial charge in [-0.15, -0.1) is 10.2 Å². The van der Waals surface area contributed by atoms with E-state index in [0.717, 1.165) is 22.5 Å². The Labute approximate surface area is 170 Å². The van der Waals surface area contributed by atoms with Gasteiger partial charge in [0.2, 0.25) is 0 Å².